The molecule has 1 aliphatic rings. The summed E-state index contributed by atoms with van der Waals surface area (Å²) in [6.45, 7) is -0.978. The fourth-order valence-electron chi connectivity index (χ4n) is 2.81. The summed E-state index contributed by atoms with van der Waals surface area (Å²) in [6, 6.07) is 11.4. The number of para-hydroxylation sites is 2. The lowest BCUT2D eigenvalue weighted by Crippen LogP contribution is -2.30. The molecule has 1 N–H and O–H groups in total. The highest BCUT2D eigenvalue weighted by molar-refractivity contribution is 7.80. The van der Waals surface area contributed by atoms with Crippen LogP contribution in [0.1, 0.15) is 12.5 Å². The Bertz CT molecular complexity index is 965. The van der Waals surface area contributed by atoms with Gasteiger partial charge in [0.05, 0.1) is 19.4 Å². The lowest BCUT2D eigenvalue weighted by Gasteiger charge is -2.17. The van der Waals surface area contributed by atoms with E-state index in [2.05, 4.69) is 10.1 Å². The molecule has 6 nitrogen and oxygen atoms in total. The maximum absolute atomic E-state index is 12.9. The topological polar surface area (TPSA) is 60.0 Å². The largest absolute Gasteiger partial charge is 0.495 e. The van der Waals surface area contributed by atoms with Crippen LogP contribution in [-0.2, 0) is 4.79 Å². The summed E-state index contributed by atoms with van der Waals surface area (Å²) in [4.78, 5) is 14.2. The highest BCUT2D eigenvalue weighted by atomic mass is 32.1. The van der Waals surface area contributed by atoms with Crippen LogP contribution in [0.5, 0.6) is 17.2 Å². The number of nitrogens with one attached hydrogen (secondary N) is 1. The SMILES string of the molecule is CCOc1cc(C=C2NC(=S)N(c3ccccc3OC)C2=O)ccc1OC(F)F. The van der Waals surface area contributed by atoms with Gasteiger partial charge in [0.1, 0.15) is 11.4 Å². The van der Waals surface area contributed by atoms with Crippen molar-refractivity contribution in [3.63, 3.8) is 0 Å². The summed E-state index contributed by atoms with van der Waals surface area (Å²) in [7, 11) is 1.50. The normalized spacial score (nSPS) is 15.1. The smallest absolute Gasteiger partial charge is 0.387 e. The van der Waals surface area contributed by atoms with E-state index in [1.165, 1.54) is 30.2 Å². The molecule has 1 amide bonds. The van der Waals surface area contributed by atoms with E-state index >= 15 is 0 Å². The fraction of sp³-hybridized carbons (Fsp3) is 0.200. The average molecular weight is 420 g/mol. The van der Waals surface area contributed by atoms with Crippen LogP contribution in [0.25, 0.3) is 6.08 Å². The molecule has 0 aromatic heterocycles. The summed E-state index contributed by atoms with van der Waals surface area (Å²) in [6.07, 6.45) is 1.55. The third kappa shape index (κ3) is 4.45. The molecule has 1 aliphatic heterocycles. The Labute approximate surface area is 171 Å². The molecule has 0 unspecified atom stereocenters. The summed E-state index contributed by atoms with van der Waals surface area (Å²) < 4.78 is 40.2. The van der Waals surface area contributed by atoms with Crippen molar-refractivity contribution in [3.8, 4) is 17.2 Å². The first kappa shape index (κ1) is 20.5. The summed E-state index contributed by atoms with van der Waals surface area (Å²) in [5, 5.41) is 3.07. The van der Waals surface area contributed by atoms with Gasteiger partial charge in [-0.2, -0.15) is 8.78 Å². The molecule has 1 fully saturated rings. The maximum Gasteiger partial charge on any atom is 0.387 e. The molecule has 9 heteroatoms. The maximum atomic E-state index is 12.9. The minimum absolute atomic E-state index is 0.0825. The molecular weight excluding hydrogens is 402 g/mol. The van der Waals surface area contributed by atoms with Crippen LogP contribution in [0.2, 0.25) is 0 Å². The Morgan fingerprint density at radius 1 is 1.17 bits per heavy atom. The van der Waals surface area contributed by atoms with E-state index in [-0.39, 0.29) is 34.8 Å². The molecule has 1 heterocycles. The van der Waals surface area contributed by atoms with Crippen molar-refractivity contribution in [2.75, 3.05) is 18.6 Å². The Balaban J connectivity index is 1.92. The number of amides is 1. The molecule has 0 saturated carbocycles. The van der Waals surface area contributed by atoms with Gasteiger partial charge in [0.2, 0.25) is 0 Å². The number of hydrogen-bond acceptors (Lipinski definition) is 5. The van der Waals surface area contributed by atoms with Gasteiger partial charge in [0, 0.05) is 0 Å². The van der Waals surface area contributed by atoms with Gasteiger partial charge in [-0.15, -0.1) is 0 Å². The third-order valence-corrected chi connectivity index (χ3v) is 4.28. The first-order valence-electron chi connectivity index (χ1n) is 8.66. The molecule has 0 aliphatic carbocycles. The highest BCUT2D eigenvalue weighted by Crippen LogP contribution is 2.33. The van der Waals surface area contributed by atoms with Gasteiger partial charge in [-0.3, -0.25) is 4.79 Å². The lowest BCUT2D eigenvalue weighted by molar-refractivity contribution is -0.113. The first-order valence-corrected chi connectivity index (χ1v) is 9.07. The van der Waals surface area contributed by atoms with E-state index in [1.54, 1.807) is 37.3 Å². The number of thiocarbonyl (C=S) groups is 1. The van der Waals surface area contributed by atoms with Crippen molar-refractivity contribution in [1.82, 2.24) is 5.32 Å². The van der Waals surface area contributed by atoms with E-state index in [4.69, 9.17) is 21.7 Å². The molecule has 3 rings (SSSR count). The number of nitrogens with zero attached hydrogens (tertiary/aromatic N) is 1. The van der Waals surface area contributed by atoms with Gasteiger partial charge >= 0.3 is 6.61 Å². The Morgan fingerprint density at radius 3 is 2.62 bits per heavy atom. The van der Waals surface area contributed by atoms with Crippen molar-refractivity contribution in [2.24, 2.45) is 0 Å². The molecule has 0 spiro atoms. The number of rotatable bonds is 7. The van der Waals surface area contributed by atoms with Gasteiger partial charge in [-0.1, -0.05) is 18.2 Å². The molecule has 0 radical (unpaired) electrons. The monoisotopic (exact) mass is 420 g/mol. The van der Waals surface area contributed by atoms with Crippen molar-refractivity contribution < 1.29 is 27.8 Å². The van der Waals surface area contributed by atoms with Crippen LogP contribution < -0.4 is 24.4 Å². The predicted octanol–water partition coefficient (Wildman–Crippen LogP) is 3.96. The summed E-state index contributed by atoms with van der Waals surface area (Å²) >= 11 is 5.31. The second kappa shape index (κ2) is 8.87. The predicted molar refractivity (Wildman–Crippen MR) is 108 cm³/mol. The van der Waals surface area contributed by atoms with Crippen LogP contribution in [0.15, 0.2) is 48.2 Å². The second-order valence-corrected chi connectivity index (χ2v) is 6.20. The van der Waals surface area contributed by atoms with E-state index in [0.717, 1.165) is 0 Å². The van der Waals surface area contributed by atoms with Gasteiger partial charge in [0.15, 0.2) is 16.6 Å². The molecule has 0 atom stereocenters. The minimum atomic E-state index is -2.97. The van der Waals surface area contributed by atoms with Gasteiger partial charge in [-0.05, 0) is 55.0 Å². The van der Waals surface area contributed by atoms with Crippen molar-refractivity contribution >= 4 is 35.0 Å². The number of carbonyl (C=O) groups is 1. The lowest BCUT2D eigenvalue weighted by atomic mass is 10.1. The van der Waals surface area contributed by atoms with Crippen LogP contribution in [0.4, 0.5) is 14.5 Å². The summed E-state index contributed by atoms with van der Waals surface area (Å²) in [5.41, 5.74) is 1.29. The Morgan fingerprint density at radius 2 is 1.93 bits per heavy atom. The minimum Gasteiger partial charge on any atom is -0.495 e. The van der Waals surface area contributed by atoms with E-state index in [0.29, 0.717) is 17.0 Å². The first-order chi connectivity index (χ1) is 13.9. The third-order valence-electron chi connectivity index (χ3n) is 4.00. The Hall–Kier alpha value is -3.20. The molecule has 0 bridgehead atoms. The molecule has 2 aromatic rings. The van der Waals surface area contributed by atoms with E-state index in [9.17, 15) is 13.6 Å². The van der Waals surface area contributed by atoms with Gasteiger partial charge < -0.3 is 19.5 Å². The zero-order valence-electron chi connectivity index (χ0n) is 15.6. The number of ether oxygens (including phenoxy) is 3. The van der Waals surface area contributed by atoms with E-state index in [1.807, 2.05) is 0 Å². The molecule has 29 heavy (non-hydrogen) atoms. The van der Waals surface area contributed by atoms with Crippen LogP contribution in [0.3, 0.4) is 0 Å². The van der Waals surface area contributed by atoms with E-state index < -0.39 is 6.61 Å². The number of methoxy groups -OCH3 is 1. The molecule has 2 aromatic carbocycles. The fourth-order valence-corrected chi connectivity index (χ4v) is 3.10. The van der Waals surface area contributed by atoms with Gasteiger partial charge in [-0.25, -0.2) is 4.90 Å². The standard InChI is InChI=1S/C20H18F2N2O4S/c1-3-27-17-11-12(8-9-16(17)28-19(21)22)10-13-18(25)24(20(29)23-13)14-6-4-5-7-15(14)26-2/h4-11,19H,3H2,1-2H3,(H,23,29). The van der Waals surface area contributed by atoms with Gasteiger partial charge in [0.25, 0.3) is 5.91 Å². The number of carbonyl (C=O) groups excluding carboxylic acids is 1. The Kier molecular flexibility index (Phi) is 6.28. The second-order valence-electron chi connectivity index (χ2n) is 5.82. The number of anilines is 1. The molecule has 152 valence electrons. The summed E-state index contributed by atoms with van der Waals surface area (Å²) in [5.74, 6) is 0.196. The average Bonchev–Trinajstić information content (AvgIpc) is 2.96. The van der Waals surface area contributed by atoms with Crippen LogP contribution in [0, 0.1) is 0 Å². The van der Waals surface area contributed by atoms with Crippen molar-refractivity contribution in [2.45, 2.75) is 13.5 Å². The zero-order chi connectivity index (χ0) is 21.0. The highest BCUT2D eigenvalue weighted by Gasteiger charge is 2.33. The van der Waals surface area contributed by atoms with Crippen molar-refractivity contribution in [1.29, 1.82) is 0 Å². The van der Waals surface area contributed by atoms with Crippen LogP contribution in [-0.4, -0.2) is 31.3 Å². The van der Waals surface area contributed by atoms with Crippen LogP contribution >= 0.6 is 12.2 Å². The number of benzene rings is 2. The number of alkyl halides is 2. The zero-order valence-corrected chi connectivity index (χ0v) is 16.5. The quantitative estimate of drug-likeness (QED) is 0.541. The molecular formula is C20H18F2N2O4S. The number of hydrogen-bond donors (Lipinski definition) is 1. The van der Waals surface area contributed by atoms with Crippen molar-refractivity contribution in [3.05, 3.63) is 53.7 Å². The molecule has 1 saturated heterocycles. The number of halogens is 2.